The molecular formula is C19H20N4O2. The van der Waals surface area contributed by atoms with E-state index in [4.69, 9.17) is 0 Å². The fraction of sp³-hybridized carbons (Fsp3) is 0.263. The SMILES string of the molecule is CCN(CC)c1ccc(N=Nc2ccc3c(c2)C(=O)N(C)C3=O)cc1. The minimum Gasteiger partial charge on any atom is -0.372 e. The van der Waals surface area contributed by atoms with Gasteiger partial charge in [-0.3, -0.25) is 14.5 Å². The van der Waals surface area contributed by atoms with E-state index in [1.54, 1.807) is 18.2 Å². The van der Waals surface area contributed by atoms with Crippen molar-refractivity contribution in [3.05, 3.63) is 53.6 Å². The molecule has 3 rings (SSSR count). The molecule has 0 fully saturated rings. The highest BCUT2D eigenvalue weighted by Gasteiger charge is 2.32. The summed E-state index contributed by atoms with van der Waals surface area (Å²) >= 11 is 0. The van der Waals surface area contributed by atoms with Crippen molar-refractivity contribution in [2.75, 3.05) is 25.0 Å². The van der Waals surface area contributed by atoms with Gasteiger partial charge in [-0.05, 0) is 56.3 Å². The van der Waals surface area contributed by atoms with Crippen LogP contribution in [0.25, 0.3) is 0 Å². The Bertz CT molecular complexity index is 839. The van der Waals surface area contributed by atoms with Crippen molar-refractivity contribution in [1.29, 1.82) is 0 Å². The highest BCUT2D eigenvalue weighted by atomic mass is 16.2. The Morgan fingerprint density at radius 1 is 0.840 bits per heavy atom. The number of nitrogens with zero attached hydrogens (tertiary/aromatic N) is 4. The van der Waals surface area contributed by atoms with E-state index in [9.17, 15) is 9.59 Å². The number of carbonyl (C=O) groups is 2. The molecule has 0 bridgehead atoms. The smallest absolute Gasteiger partial charge is 0.261 e. The lowest BCUT2D eigenvalue weighted by molar-refractivity contribution is 0.0693. The lowest BCUT2D eigenvalue weighted by Crippen LogP contribution is -2.24. The molecule has 0 saturated carbocycles. The summed E-state index contributed by atoms with van der Waals surface area (Å²) in [6.45, 7) is 6.14. The number of hydrogen-bond acceptors (Lipinski definition) is 5. The number of benzene rings is 2. The van der Waals surface area contributed by atoms with E-state index in [0.29, 0.717) is 16.8 Å². The van der Waals surface area contributed by atoms with Crippen molar-refractivity contribution in [3.8, 4) is 0 Å². The van der Waals surface area contributed by atoms with Crippen LogP contribution in [0.1, 0.15) is 34.6 Å². The molecule has 0 radical (unpaired) electrons. The standard InChI is InChI=1S/C19H20N4O2/c1-4-23(5-2)15-9-6-13(7-10-15)20-21-14-8-11-16-17(12-14)19(25)22(3)18(16)24/h6-12H,4-5H2,1-3H3. The molecule has 0 unspecified atom stereocenters. The summed E-state index contributed by atoms with van der Waals surface area (Å²) in [5.41, 5.74) is 3.21. The first-order valence-corrected chi connectivity index (χ1v) is 8.28. The minimum atomic E-state index is -0.305. The van der Waals surface area contributed by atoms with Gasteiger partial charge in [0.15, 0.2) is 0 Å². The van der Waals surface area contributed by atoms with Crippen LogP contribution in [0, 0.1) is 0 Å². The Balaban J connectivity index is 1.79. The summed E-state index contributed by atoms with van der Waals surface area (Å²) in [5, 5.41) is 8.40. The number of imide groups is 1. The third-order valence-corrected chi connectivity index (χ3v) is 4.33. The van der Waals surface area contributed by atoms with Crippen LogP contribution in [0.3, 0.4) is 0 Å². The van der Waals surface area contributed by atoms with E-state index >= 15 is 0 Å². The zero-order chi connectivity index (χ0) is 18.0. The summed E-state index contributed by atoms with van der Waals surface area (Å²) in [6, 6.07) is 12.8. The molecule has 0 atom stereocenters. The number of azo groups is 1. The summed E-state index contributed by atoms with van der Waals surface area (Å²) in [7, 11) is 1.48. The van der Waals surface area contributed by atoms with E-state index < -0.39 is 0 Å². The average molecular weight is 336 g/mol. The van der Waals surface area contributed by atoms with Gasteiger partial charge in [0.05, 0.1) is 22.5 Å². The largest absolute Gasteiger partial charge is 0.372 e. The lowest BCUT2D eigenvalue weighted by atomic mass is 10.1. The van der Waals surface area contributed by atoms with Gasteiger partial charge in [0, 0.05) is 25.8 Å². The van der Waals surface area contributed by atoms with Gasteiger partial charge >= 0.3 is 0 Å². The van der Waals surface area contributed by atoms with E-state index in [-0.39, 0.29) is 11.8 Å². The Kier molecular flexibility index (Phi) is 4.61. The highest BCUT2D eigenvalue weighted by molar-refractivity contribution is 6.21. The number of fused-ring (bicyclic) bond motifs is 1. The molecular weight excluding hydrogens is 316 g/mol. The highest BCUT2D eigenvalue weighted by Crippen LogP contribution is 2.27. The molecule has 0 spiro atoms. The van der Waals surface area contributed by atoms with Gasteiger partial charge in [-0.2, -0.15) is 10.2 Å². The molecule has 2 aromatic rings. The Morgan fingerprint density at radius 3 is 2.04 bits per heavy atom. The van der Waals surface area contributed by atoms with Crippen LogP contribution in [0.4, 0.5) is 17.1 Å². The lowest BCUT2D eigenvalue weighted by Gasteiger charge is -2.20. The zero-order valence-corrected chi connectivity index (χ0v) is 14.6. The molecule has 0 N–H and O–H groups in total. The maximum Gasteiger partial charge on any atom is 0.261 e. The van der Waals surface area contributed by atoms with E-state index in [0.717, 1.165) is 29.4 Å². The topological polar surface area (TPSA) is 65.3 Å². The van der Waals surface area contributed by atoms with Crippen molar-refractivity contribution < 1.29 is 9.59 Å². The molecule has 1 heterocycles. The van der Waals surface area contributed by atoms with Crippen molar-refractivity contribution in [3.63, 3.8) is 0 Å². The van der Waals surface area contributed by atoms with Gasteiger partial charge in [0.1, 0.15) is 0 Å². The molecule has 0 aliphatic carbocycles. The van der Waals surface area contributed by atoms with Gasteiger partial charge in [-0.15, -0.1) is 0 Å². The fourth-order valence-corrected chi connectivity index (χ4v) is 2.85. The second-order valence-electron chi connectivity index (χ2n) is 5.79. The molecule has 25 heavy (non-hydrogen) atoms. The van der Waals surface area contributed by atoms with Gasteiger partial charge < -0.3 is 4.90 Å². The fourth-order valence-electron chi connectivity index (χ4n) is 2.85. The third kappa shape index (κ3) is 3.15. The Morgan fingerprint density at radius 2 is 1.40 bits per heavy atom. The normalized spacial score (nSPS) is 13.6. The summed E-state index contributed by atoms with van der Waals surface area (Å²) in [6.07, 6.45) is 0. The number of hydrogen-bond donors (Lipinski definition) is 0. The van der Waals surface area contributed by atoms with E-state index in [2.05, 4.69) is 29.0 Å². The molecule has 6 heteroatoms. The molecule has 0 aromatic heterocycles. The minimum absolute atomic E-state index is 0.282. The monoisotopic (exact) mass is 336 g/mol. The molecule has 1 aliphatic heterocycles. The molecule has 6 nitrogen and oxygen atoms in total. The van der Waals surface area contributed by atoms with E-state index in [1.165, 1.54) is 7.05 Å². The molecule has 1 aliphatic rings. The summed E-state index contributed by atoms with van der Waals surface area (Å²) in [4.78, 5) is 27.3. The van der Waals surface area contributed by atoms with Gasteiger partial charge in [0.25, 0.3) is 11.8 Å². The number of rotatable bonds is 5. The molecule has 0 saturated heterocycles. The molecule has 2 amide bonds. The third-order valence-electron chi connectivity index (χ3n) is 4.33. The van der Waals surface area contributed by atoms with Crippen molar-refractivity contribution in [2.45, 2.75) is 13.8 Å². The van der Waals surface area contributed by atoms with Gasteiger partial charge in [-0.25, -0.2) is 0 Å². The zero-order valence-electron chi connectivity index (χ0n) is 14.6. The first kappa shape index (κ1) is 16.8. The summed E-state index contributed by atoms with van der Waals surface area (Å²) < 4.78 is 0. The van der Waals surface area contributed by atoms with Crippen LogP contribution in [-0.4, -0.2) is 36.9 Å². The van der Waals surface area contributed by atoms with Gasteiger partial charge in [-0.1, -0.05) is 0 Å². The van der Waals surface area contributed by atoms with Crippen LogP contribution in [0.5, 0.6) is 0 Å². The number of anilines is 1. The average Bonchev–Trinajstić information content (AvgIpc) is 2.86. The van der Waals surface area contributed by atoms with Crippen LogP contribution in [0.2, 0.25) is 0 Å². The van der Waals surface area contributed by atoms with Crippen LogP contribution >= 0.6 is 0 Å². The maximum atomic E-state index is 12.0. The number of amides is 2. The predicted molar refractivity (Wildman–Crippen MR) is 97.0 cm³/mol. The maximum absolute atomic E-state index is 12.0. The van der Waals surface area contributed by atoms with Crippen molar-refractivity contribution in [2.24, 2.45) is 10.2 Å². The van der Waals surface area contributed by atoms with Gasteiger partial charge in [0.2, 0.25) is 0 Å². The van der Waals surface area contributed by atoms with Crippen LogP contribution in [-0.2, 0) is 0 Å². The molecule has 2 aromatic carbocycles. The van der Waals surface area contributed by atoms with Crippen molar-refractivity contribution >= 4 is 28.9 Å². The van der Waals surface area contributed by atoms with Crippen LogP contribution in [0.15, 0.2) is 52.7 Å². The first-order chi connectivity index (χ1) is 12.0. The Labute approximate surface area is 146 Å². The first-order valence-electron chi connectivity index (χ1n) is 8.28. The summed E-state index contributed by atoms with van der Waals surface area (Å²) in [5.74, 6) is -0.587. The van der Waals surface area contributed by atoms with Crippen molar-refractivity contribution in [1.82, 2.24) is 4.90 Å². The second kappa shape index (κ2) is 6.84. The predicted octanol–water partition coefficient (Wildman–Crippen LogP) is 4.17. The van der Waals surface area contributed by atoms with Crippen LogP contribution < -0.4 is 4.90 Å². The molecule has 128 valence electrons. The second-order valence-corrected chi connectivity index (χ2v) is 5.79. The van der Waals surface area contributed by atoms with E-state index in [1.807, 2.05) is 24.3 Å². The number of carbonyl (C=O) groups excluding carboxylic acids is 2. The quantitative estimate of drug-likeness (QED) is 0.608. The Hall–Kier alpha value is -3.02.